The Morgan fingerprint density at radius 1 is 1.12 bits per heavy atom. The summed E-state index contributed by atoms with van der Waals surface area (Å²) in [4.78, 5) is 12.1. The van der Waals surface area contributed by atoms with E-state index in [0.717, 1.165) is 24.8 Å². The van der Waals surface area contributed by atoms with Gasteiger partial charge in [-0.05, 0) is 36.8 Å². The van der Waals surface area contributed by atoms with Crippen molar-refractivity contribution < 1.29 is 13.5 Å². The lowest BCUT2D eigenvalue weighted by Gasteiger charge is -2.15. The number of aromatic nitrogens is 3. The summed E-state index contributed by atoms with van der Waals surface area (Å²) in [6, 6.07) is 2.03. The molecule has 2 aromatic heterocycles. The van der Waals surface area contributed by atoms with Gasteiger partial charge in [0.05, 0.1) is 24.3 Å². The highest BCUT2D eigenvalue weighted by Crippen LogP contribution is 2.38. The zero-order valence-corrected chi connectivity index (χ0v) is 12.8. The Morgan fingerprint density at radius 2 is 1.88 bits per heavy atom. The Bertz CT molecular complexity index is 697. The van der Waals surface area contributed by atoms with Crippen LogP contribution in [0.2, 0.25) is 0 Å². The van der Waals surface area contributed by atoms with Crippen molar-refractivity contribution in [3.05, 3.63) is 30.2 Å². The fraction of sp³-hybridized carbons (Fsp3) is 0.400. The molecule has 0 unspecified atom stereocenters. The monoisotopic (exact) mass is 336 g/mol. The quantitative estimate of drug-likeness (QED) is 0.768. The Balaban J connectivity index is 1.61. The van der Waals surface area contributed by atoms with Crippen LogP contribution < -0.4 is 21.5 Å². The van der Waals surface area contributed by atoms with E-state index >= 15 is 0 Å². The van der Waals surface area contributed by atoms with Crippen LogP contribution in [0.1, 0.15) is 30.7 Å². The first kappa shape index (κ1) is 16.2. The average Bonchev–Trinajstić information content (AvgIpc) is 2.99. The van der Waals surface area contributed by atoms with E-state index < -0.39 is 6.61 Å². The SMILES string of the molecule is Nc1cnc(N)c([C@H]2CC[C@H](Nc3ncc(OC(F)F)cn3)C2)c1. The number of alkyl halides is 2. The Hall–Kier alpha value is -2.71. The Kier molecular flexibility index (Phi) is 4.59. The normalized spacial score (nSPS) is 20.3. The molecule has 0 spiro atoms. The van der Waals surface area contributed by atoms with E-state index in [0.29, 0.717) is 17.5 Å². The summed E-state index contributed by atoms with van der Waals surface area (Å²) in [6.07, 6.45) is 6.67. The molecule has 2 heterocycles. The second kappa shape index (κ2) is 6.81. The predicted molar refractivity (Wildman–Crippen MR) is 85.7 cm³/mol. The third-order valence-electron chi connectivity index (χ3n) is 4.03. The van der Waals surface area contributed by atoms with Gasteiger partial charge in [0.15, 0.2) is 5.75 Å². The number of nitrogens with one attached hydrogen (secondary N) is 1. The molecule has 0 bridgehead atoms. The van der Waals surface area contributed by atoms with E-state index in [1.165, 1.54) is 12.4 Å². The van der Waals surface area contributed by atoms with Crippen molar-refractivity contribution in [2.24, 2.45) is 0 Å². The first-order valence-electron chi connectivity index (χ1n) is 7.55. The van der Waals surface area contributed by atoms with Crippen molar-refractivity contribution in [3.8, 4) is 5.75 Å². The van der Waals surface area contributed by atoms with Crippen LogP contribution in [0.3, 0.4) is 0 Å². The molecule has 1 saturated carbocycles. The van der Waals surface area contributed by atoms with Crippen LogP contribution in [0.15, 0.2) is 24.7 Å². The number of hydrogen-bond acceptors (Lipinski definition) is 7. The summed E-state index contributed by atoms with van der Waals surface area (Å²) in [5.74, 6) is 1.07. The topological polar surface area (TPSA) is 112 Å². The second-order valence-electron chi connectivity index (χ2n) is 5.72. The molecule has 0 radical (unpaired) electrons. The molecule has 2 aromatic rings. The lowest BCUT2D eigenvalue weighted by molar-refractivity contribution is -0.0503. The maximum Gasteiger partial charge on any atom is 0.387 e. The third-order valence-corrected chi connectivity index (χ3v) is 4.03. The van der Waals surface area contributed by atoms with Crippen LogP contribution in [0.5, 0.6) is 5.75 Å². The molecule has 9 heteroatoms. The fourth-order valence-corrected chi connectivity index (χ4v) is 2.97. The molecule has 2 atom stereocenters. The number of nitrogen functional groups attached to an aromatic ring is 2. The molecule has 3 rings (SSSR count). The maximum absolute atomic E-state index is 12.1. The lowest BCUT2D eigenvalue weighted by Crippen LogP contribution is -2.17. The minimum atomic E-state index is -2.89. The standard InChI is InChI=1S/C15H18F2N6O/c16-14(17)24-11-6-21-15(22-7-11)23-10-2-1-8(3-10)12-4-9(18)5-20-13(12)19/h4-8,10,14H,1-3,18H2,(H2,19,20)(H,21,22,23)/t8-,10-/m0/s1. The predicted octanol–water partition coefficient (Wildman–Crippen LogP) is 2.39. The average molecular weight is 336 g/mol. The molecule has 0 amide bonds. The minimum Gasteiger partial charge on any atom is -0.432 e. The van der Waals surface area contributed by atoms with Gasteiger partial charge in [0, 0.05) is 6.04 Å². The van der Waals surface area contributed by atoms with Gasteiger partial charge >= 0.3 is 6.61 Å². The van der Waals surface area contributed by atoms with Crippen molar-refractivity contribution in [1.29, 1.82) is 0 Å². The number of anilines is 3. The summed E-state index contributed by atoms with van der Waals surface area (Å²) in [5.41, 5.74) is 13.3. The van der Waals surface area contributed by atoms with Gasteiger partial charge < -0.3 is 21.5 Å². The van der Waals surface area contributed by atoms with E-state index in [4.69, 9.17) is 11.5 Å². The summed E-state index contributed by atoms with van der Waals surface area (Å²) >= 11 is 0. The van der Waals surface area contributed by atoms with Gasteiger partial charge in [-0.15, -0.1) is 0 Å². The molecule has 128 valence electrons. The van der Waals surface area contributed by atoms with Gasteiger partial charge in [-0.3, -0.25) is 0 Å². The van der Waals surface area contributed by atoms with E-state index in [2.05, 4.69) is 25.0 Å². The van der Waals surface area contributed by atoms with E-state index in [1.54, 1.807) is 6.20 Å². The molecule has 1 fully saturated rings. The van der Waals surface area contributed by atoms with Crippen LogP contribution >= 0.6 is 0 Å². The summed E-state index contributed by atoms with van der Waals surface area (Å²) in [7, 11) is 0. The highest BCUT2D eigenvalue weighted by atomic mass is 19.3. The van der Waals surface area contributed by atoms with Gasteiger partial charge in [-0.25, -0.2) is 15.0 Å². The zero-order valence-electron chi connectivity index (χ0n) is 12.8. The molecule has 24 heavy (non-hydrogen) atoms. The fourth-order valence-electron chi connectivity index (χ4n) is 2.97. The second-order valence-corrected chi connectivity index (χ2v) is 5.72. The number of hydrogen-bond donors (Lipinski definition) is 3. The number of ether oxygens (including phenoxy) is 1. The molecule has 7 nitrogen and oxygen atoms in total. The van der Waals surface area contributed by atoms with Crippen molar-refractivity contribution in [2.75, 3.05) is 16.8 Å². The molecule has 0 saturated heterocycles. The van der Waals surface area contributed by atoms with Gasteiger partial charge in [-0.1, -0.05) is 0 Å². The summed E-state index contributed by atoms with van der Waals surface area (Å²) in [5, 5.41) is 3.20. The van der Waals surface area contributed by atoms with Crippen LogP contribution in [-0.4, -0.2) is 27.6 Å². The number of rotatable bonds is 5. The maximum atomic E-state index is 12.1. The molecule has 1 aliphatic rings. The molecular formula is C15H18F2N6O. The van der Waals surface area contributed by atoms with Crippen LogP contribution in [0.25, 0.3) is 0 Å². The minimum absolute atomic E-state index is 0.0709. The number of nitrogens with two attached hydrogens (primary N) is 2. The number of pyridine rings is 1. The summed E-state index contributed by atoms with van der Waals surface area (Å²) in [6.45, 7) is -2.89. The Labute approximate surface area is 137 Å². The van der Waals surface area contributed by atoms with Crippen molar-refractivity contribution >= 4 is 17.5 Å². The van der Waals surface area contributed by atoms with Crippen LogP contribution in [0.4, 0.5) is 26.2 Å². The van der Waals surface area contributed by atoms with Crippen LogP contribution in [-0.2, 0) is 0 Å². The smallest absolute Gasteiger partial charge is 0.387 e. The van der Waals surface area contributed by atoms with Gasteiger partial charge in [0.25, 0.3) is 0 Å². The number of halogens is 2. The van der Waals surface area contributed by atoms with E-state index in [-0.39, 0.29) is 17.7 Å². The van der Waals surface area contributed by atoms with Crippen molar-refractivity contribution in [1.82, 2.24) is 15.0 Å². The zero-order chi connectivity index (χ0) is 17.1. The highest BCUT2D eigenvalue weighted by molar-refractivity contribution is 5.51. The molecule has 0 aromatic carbocycles. The molecular weight excluding hydrogens is 318 g/mol. The Morgan fingerprint density at radius 3 is 2.58 bits per heavy atom. The third kappa shape index (κ3) is 3.79. The molecule has 1 aliphatic carbocycles. The summed E-state index contributed by atoms with van der Waals surface area (Å²) < 4.78 is 28.4. The van der Waals surface area contributed by atoms with Crippen molar-refractivity contribution in [2.45, 2.75) is 37.8 Å². The van der Waals surface area contributed by atoms with Crippen molar-refractivity contribution in [3.63, 3.8) is 0 Å². The van der Waals surface area contributed by atoms with Crippen LogP contribution in [0, 0.1) is 0 Å². The first-order valence-corrected chi connectivity index (χ1v) is 7.55. The van der Waals surface area contributed by atoms with Gasteiger partial charge in [-0.2, -0.15) is 8.78 Å². The molecule has 0 aliphatic heterocycles. The largest absolute Gasteiger partial charge is 0.432 e. The van der Waals surface area contributed by atoms with Gasteiger partial charge in [0.2, 0.25) is 5.95 Å². The van der Waals surface area contributed by atoms with E-state index in [9.17, 15) is 8.78 Å². The highest BCUT2D eigenvalue weighted by Gasteiger charge is 2.28. The van der Waals surface area contributed by atoms with Gasteiger partial charge in [0.1, 0.15) is 5.82 Å². The van der Waals surface area contributed by atoms with E-state index in [1.807, 2.05) is 6.07 Å². The number of nitrogens with zero attached hydrogens (tertiary/aromatic N) is 3. The molecule has 5 N–H and O–H groups in total. The first-order chi connectivity index (χ1) is 11.5. The lowest BCUT2D eigenvalue weighted by atomic mass is 9.97.